The number of nitro groups is 1. The molecule has 12 heteroatoms. The molecule has 0 unspecified atom stereocenters. The van der Waals surface area contributed by atoms with Crippen LogP contribution in [0.5, 0.6) is 23.0 Å². The fourth-order valence-electron chi connectivity index (χ4n) is 4.67. The van der Waals surface area contributed by atoms with Gasteiger partial charge in [-0.25, -0.2) is 13.1 Å². The molecule has 0 bridgehead atoms. The number of hydrogen-bond acceptors (Lipinski definition) is 9. The molecule has 4 rings (SSSR count). The van der Waals surface area contributed by atoms with E-state index in [1.165, 1.54) is 58.8 Å². The van der Waals surface area contributed by atoms with Crippen LogP contribution in [0.15, 0.2) is 58.2 Å². The number of hydrogen-bond donors (Lipinski definition) is 1. The molecule has 1 N–H and O–H groups in total. The molecule has 1 aliphatic carbocycles. The van der Waals surface area contributed by atoms with E-state index in [9.17, 15) is 23.3 Å². The number of aryl methyl sites for hydroxylation is 1. The largest absolute Gasteiger partial charge is 0.493 e. The first-order valence-electron chi connectivity index (χ1n) is 11.5. The molecule has 11 nitrogen and oxygen atoms in total. The van der Waals surface area contributed by atoms with E-state index in [0.717, 1.165) is 11.6 Å². The van der Waals surface area contributed by atoms with E-state index < -0.39 is 37.0 Å². The Morgan fingerprint density at radius 3 is 2.24 bits per heavy atom. The Kier molecular flexibility index (Phi) is 7.56. The maximum Gasteiger partial charge on any atom is 0.289 e. The minimum atomic E-state index is -4.37. The third kappa shape index (κ3) is 4.75. The zero-order valence-corrected chi connectivity index (χ0v) is 22.0. The quantitative estimate of drug-likeness (QED) is 0.333. The predicted molar refractivity (Wildman–Crippen MR) is 139 cm³/mol. The van der Waals surface area contributed by atoms with Crippen LogP contribution in [0.2, 0.25) is 0 Å². The van der Waals surface area contributed by atoms with Crippen molar-refractivity contribution in [2.75, 3.05) is 28.4 Å². The number of ether oxygens (including phenoxy) is 4. The zero-order valence-electron chi connectivity index (χ0n) is 21.1. The third-order valence-electron chi connectivity index (χ3n) is 6.37. The maximum atomic E-state index is 13.5. The second-order valence-electron chi connectivity index (χ2n) is 8.40. The van der Waals surface area contributed by atoms with Crippen LogP contribution in [0.3, 0.4) is 0 Å². The molecule has 0 saturated carbocycles. The molecule has 0 saturated heterocycles. The molecule has 0 heterocycles. The van der Waals surface area contributed by atoms with Gasteiger partial charge in [0.1, 0.15) is 0 Å². The molecule has 38 heavy (non-hydrogen) atoms. The van der Waals surface area contributed by atoms with Gasteiger partial charge in [0.2, 0.25) is 21.2 Å². The average Bonchev–Trinajstić information content (AvgIpc) is 3.16. The molecule has 0 spiro atoms. The lowest BCUT2D eigenvalue weighted by molar-refractivity contribution is -0.387. The molecule has 0 aliphatic heterocycles. The second-order valence-corrected chi connectivity index (χ2v) is 10.1. The van der Waals surface area contributed by atoms with Crippen molar-refractivity contribution in [1.82, 2.24) is 4.72 Å². The summed E-state index contributed by atoms with van der Waals surface area (Å²) >= 11 is 0. The number of rotatable bonds is 8. The lowest BCUT2D eigenvalue weighted by Gasteiger charge is -2.20. The highest BCUT2D eigenvalue weighted by atomic mass is 32.2. The van der Waals surface area contributed by atoms with Crippen LogP contribution in [-0.2, 0) is 16.4 Å². The van der Waals surface area contributed by atoms with Crippen molar-refractivity contribution < 1.29 is 32.3 Å². The summed E-state index contributed by atoms with van der Waals surface area (Å²) in [5, 5.41) is 11.5. The summed E-state index contributed by atoms with van der Waals surface area (Å²) in [5.41, 5.74) is 1.34. The lowest BCUT2D eigenvalue weighted by atomic mass is 9.95. The van der Waals surface area contributed by atoms with Gasteiger partial charge in [0.25, 0.3) is 5.69 Å². The van der Waals surface area contributed by atoms with E-state index >= 15 is 0 Å². The Morgan fingerprint density at radius 2 is 1.61 bits per heavy atom. The first-order valence-corrected chi connectivity index (χ1v) is 12.9. The molecule has 1 aliphatic rings. The smallest absolute Gasteiger partial charge is 0.289 e. The van der Waals surface area contributed by atoms with E-state index in [-0.39, 0.29) is 12.2 Å². The zero-order chi connectivity index (χ0) is 27.6. The summed E-state index contributed by atoms with van der Waals surface area (Å²) in [5.74, 6) is 1.11. The monoisotopic (exact) mass is 542 g/mol. The topological polar surface area (TPSA) is 143 Å². The summed E-state index contributed by atoms with van der Waals surface area (Å²) in [4.78, 5) is 23.0. The number of nitro benzene ring substituents is 1. The molecule has 0 radical (unpaired) electrons. The minimum absolute atomic E-state index is 0.00373. The van der Waals surface area contributed by atoms with Gasteiger partial charge in [0, 0.05) is 17.7 Å². The van der Waals surface area contributed by atoms with Gasteiger partial charge in [-0.1, -0.05) is 12.1 Å². The molecule has 0 fully saturated rings. The van der Waals surface area contributed by atoms with Gasteiger partial charge in [0.05, 0.1) is 33.4 Å². The van der Waals surface area contributed by atoms with Gasteiger partial charge in [-0.2, -0.15) is 0 Å². The van der Waals surface area contributed by atoms with Crippen LogP contribution in [-0.4, -0.2) is 41.8 Å². The van der Waals surface area contributed by atoms with Crippen LogP contribution in [0, 0.1) is 10.1 Å². The number of nitrogens with zero attached hydrogens (tertiary/aromatic N) is 1. The van der Waals surface area contributed by atoms with Crippen molar-refractivity contribution in [3.05, 3.63) is 80.0 Å². The molecule has 3 aromatic rings. The van der Waals surface area contributed by atoms with Crippen LogP contribution >= 0.6 is 0 Å². The Hall–Kier alpha value is -4.16. The Labute approximate surface area is 219 Å². The van der Waals surface area contributed by atoms with Gasteiger partial charge < -0.3 is 18.9 Å². The molecule has 200 valence electrons. The standard InChI is InChI=1S/C26H26N2O9S/c1-34-21-14-17-16(10-12-20(21)29)24-15(13-22(35-2)25(36-3)26(24)37-4)9-11-18(17)27-38(32,33)23-8-6-5-7-19(23)28(30)31/h5-8,10,12-14,18,27H,9,11H2,1-4H3/t18-/m0/s1. The number of sulfonamides is 1. The van der Waals surface area contributed by atoms with Crippen molar-refractivity contribution in [2.24, 2.45) is 0 Å². The van der Waals surface area contributed by atoms with E-state index in [2.05, 4.69) is 4.72 Å². The molecule has 1 atom stereocenters. The highest BCUT2D eigenvalue weighted by molar-refractivity contribution is 7.89. The number of methoxy groups -OCH3 is 4. The van der Waals surface area contributed by atoms with E-state index in [0.29, 0.717) is 40.4 Å². The van der Waals surface area contributed by atoms with Crippen LogP contribution in [0.1, 0.15) is 23.6 Å². The average molecular weight is 543 g/mol. The van der Waals surface area contributed by atoms with Crippen LogP contribution in [0.25, 0.3) is 11.1 Å². The van der Waals surface area contributed by atoms with Crippen molar-refractivity contribution in [2.45, 2.75) is 23.8 Å². The molecular formula is C26H26N2O9S. The van der Waals surface area contributed by atoms with Gasteiger partial charge in [-0.05, 0) is 59.9 Å². The Bertz CT molecular complexity index is 1570. The third-order valence-corrected chi connectivity index (χ3v) is 7.89. The summed E-state index contributed by atoms with van der Waals surface area (Å²) in [6, 6.07) is 10.4. The first-order chi connectivity index (χ1) is 18.2. The Morgan fingerprint density at radius 1 is 0.921 bits per heavy atom. The second kappa shape index (κ2) is 10.7. The first kappa shape index (κ1) is 26.9. The van der Waals surface area contributed by atoms with E-state index in [1.807, 2.05) is 0 Å². The highest BCUT2D eigenvalue weighted by Gasteiger charge is 2.33. The normalized spacial score (nSPS) is 14.5. The maximum absolute atomic E-state index is 13.5. The number of para-hydroxylation sites is 1. The number of fused-ring (bicyclic) bond motifs is 3. The Balaban J connectivity index is 1.99. The minimum Gasteiger partial charge on any atom is -0.493 e. The van der Waals surface area contributed by atoms with Crippen molar-refractivity contribution in [1.29, 1.82) is 0 Å². The fourth-order valence-corrected chi connectivity index (χ4v) is 6.09. The van der Waals surface area contributed by atoms with E-state index in [1.54, 1.807) is 12.1 Å². The van der Waals surface area contributed by atoms with Crippen molar-refractivity contribution >= 4 is 15.7 Å². The van der Waals surface area contributed by atoms with Gasteiger partial charge in [0.15, 0.2) is 22.1 Å². The van der Waals surface area contributed by atoms with Gasteiger partial charge in [-0.15, -0.1) is 0 Å². The van der Waals surface area contributed by atoms with Crippen LogP contribution in [0.4, 0.5) is 5.69 Å². The molecule has 3 aromatic carbocycles. The highest BCUT2D eigenvalue weighted by Crippen LogP contribution is 2.50. The summed E-state index contributed by atoms with van der Waals surface area (Å²) in [6.07, 6.45) is 0.626. The summed E-state index contributed by atoms with van der Waals surface area (Å²) < 4.78 is 51.6. The molecule has 0 aromatic heterocycles. The van der Waals surface area contributed by atoms with Gasteiger partial charge in [-0.3, -0.25) is 14.9 Å². The summed E-state index contributed by atoms with van der Waals surface area (Å²) in [6.45, 7) is 0. The molecular weight excluding hydrogens is 516 g/mol. The van der Waals surface area contributed by atoms with E-state index in [4.69, 9.17) is 18.9 Å². The lowest BCUT2D eigenvalue weighted by Crippen LogP contribution is -2.29. The molecule has 0 amide bonds. The number of nitrogens with one attached hydrogen (secondary N) is 1. The van der Waals surface area contributed by atoms with Crippen LogP contribution < -0.4 is 29.1 Å². The summed E-state index contributed by atoms with van der Waals surface area (Å²) in [7, 11) is 1.41. The van der Waals surface area contributed by atoms with Crippen molar-refractivity contribution in [3.63, 3.8) is 0 Å². The number of benzene rings is 2. The SMILES string of the molecule is COc1cc2c(c(OC)c1OC)-c1ccc(=O)c(OC)cc1[C@@H](NS(=O)(=O)c1ccccc1[N+](=O)[O-])CC2. The predicted octanol–water partition coefficient (Wildman–Crippen LogP) is 3.62. The van der Waals surface area contributed by atoms with Gasteiger partial charge >= 0.3 is 0 Å². The fraction of sp³-hybridized carbons (Fsp3) is 0.269. The van der Waals surface area contributed by atoms with Crippen molar-refractivity contribution in [3.8, 4) is 34.1 Å².